The minimum absolute atomic E-state index is 0. The molecule has 0 aromatic heterocycles. The number of halogens is 1. The van der Waals surface area contributed by atoms with Gasteiger partial charge in [0.2, 0.25) is 0 Å². The average molecular weight is 374 g/mol. The first-order valence-corrected chi connectivity index (χ1v) is 4.30. The molecule has 0 unspecified atom stereocenters. The molecule has 11 heavy (non-hydrogen) atoms. The fraction of sp³-hybridized carbons (Fsp3) is 0. The van der Waals surface area contributed by atoms with Crippen molar-refractivity contribution >= 4 is 20.6 Å². The van der Waals surface area contributed by atoms with E-state index in [1.807, 2.05) is 30.3 Å². The second-order valence-electron chi connectivity index (χ2n) is 1.27. The van der Waals surface area contributed by atoms with Crippen molar-refractivity contribution in [3.8, 4) is 0 Å². The van der Waals surface area contributed by atoms with E-state index >= 15 is 0 Å². The van der Waals surface area contributed by atoms with Crippen LogP contribution in [0.2, 0.25) is 0 Å². The molecule has 0 saturated heterocycles. The second kappa shape index (κ2) is 10.2. The molecule has 2 nitrogen and oxygen atoms in total. The Morgan fingerprint density at radius 1 is 1.09 bits per heavy atom. The number of rotatable bonds is 0. The van der Waals surface area contributed by atoms with Crippen LogP contribution in [0.15, 0.2) is 30.3 Å². The van der Waals surface area contributed by atoms with E-state index in [1.165, 1.54) is 0 Å². The molecule has 0 amide bonds. The normalized spacial score (nSPS) is 7.45. The first-order valence-electron chi connectivity index (χ1n) is 2.40. The molecule has 0 aliphatic rings. The molecule has 0 aliphatic heterocycles. The van der Waals surface area contributed by atoms with Crippen LogP contribution in [0.3, 0.4) is 0 Å². The van der Waals surface area contributed by atoms with Gasteiger partial charge in [0.25, 0.3) is 0 Å². The van der Waals surface area contributed by atoms with Gasteiger partial charge in [-0.3, -0.25) is 0 Å². The minimum atomic E-state index is -2.39. The van der Waals surface area contributed by atoms with Crippen molar-refractivity contribution in [2.45, 2.75) is 0 Å². The van der Waals surface area contributed by atoms with E-state index in [2.05, 4.69) is 16.7 Å². The van der Waals surface area contributed by atoms with Gasteiger partial charge in [-0.25, -0.2) is 0 Å². The first kappa shape index (κ1) is 13.8. The maximum absolute atomic E-state index is 8.77. The Labute approximate surface area is 87.5 Å². The van der Waals surface area contributed by atoms with Gasteiger partial charge in [-0.1, -0.05) is 0 Å². The Kier molecular flexibility index (Phi) is 12.8. The third-order valence-corrected chi connectivity index (χ3v) is 0.607. The predicted octanol–water partition coefficient (Wildman–Crippen LogP) is 1.93. The number of hydrogen-bond acceptors (Lipinski definition) is 3. The van der Waals surface area contributed by atoms with Gasteiger partial charge in [0.1, 0.15) is 0 Å². The molecule has 0 saturated carbocycles. The maximum Gasteiger partial charge on any atom is 0.0109 e. The fourth-order valence-corrected chi connectivity index (χ4v) is 0.342. The summed E-state index contributed by atoms with van der Waals surface area (Å²) in [4.78, 5) is 0. The van der Waals surface area contributed by atoms with Gasteiger partial charge in [0, 0.05) is 32.3 Å². The van der Waals surface area contributed by atoms with Gasteiger partial charge in [-0.15, -0.1) is 0 Å². The molecule has 5 heteroatoms. The Morgan fingerprint density at radius 2 is 1.45 bits per heavy atom. The molecule has 1 aromatic rings. The molecular weight excluding hydrogens is 369 g/mol. The van der Waals surface area contributed by atoms with Gasteiger partial charge in [0.15, 0.2) is 0 Å². The molecule has 0 aliphatic carbocycles. The smallest absolute Gasteiger partial charge is 0.0109 e. The summed E-state index contributed by atoms with van der Waals surface area (Å²) in [5.41, 5.74) is 0. The first-order chi connectivity index (χ1) is 4.73. The Morgan fingerprint density at radius 3 is 1.55 bits per heavy atom. The Hall–Kier alpha value is 0.200. The summed E-state index contributed by atoms with van der Waals surface area (Å²) in [5, 5.41) is 0. The van der Waals surface area contributed by atoms with Gasteiger partial charge < -0.3 is 8.42 Å². The van der Waals surface area contributed by atoms with Crippen LogP contribution in [0.4, 0.5) is 0 Å². The van der Waals surface area contributed by atoms with Crippen molar-refractivity contribution < 1.29 is 30.8 Å². The van der Waals surface area contributed by atoms with Gasteiger partial charge in [-0.2, -0.15) is 47.1 Å². The predicted molar refractivity (Wildman–Crippen MR) is 39.9 cm³/mol. The maximum atomic E-state index is 8.77. The van der Waals surface area contributed by atoms with Crippen molar-refractivity contribution in [1.82, 2.24) is 0 Å². The molecule has 0 heterocycles. The second-order valence-corrected chi connectivity index (χ2v) is 2.42. The monoisotopic (exact) mass is 373 g/mol. The van der Waals surface area contributed by atoms with E-state index in [4.69, 9.17) is 8.42 Å². The molecule has 1 aromatic carbocycles. The average Bonchev–Trinajstić information content (AvgIpc) is 1.90. The zero-order chi connectivity index (χ0) is 7.82. The van der Waals surface area contributed by atoms with Crippen molar-refractivity contribution in [3.05, 3.63) is 36.4 Å². The third kappa shape index (κ3) is 17.8. The number of hydrogen-bond donors (Lipinski definition) is 0. The molecule has 0 atom stereocenters. The van der Waals surface area contributed by atoms with Crippen LogP contribution in [0.5, 0.6) is 0 Å². The summed E-state index contributed by atoms with van der Waals surface area (Å²) >= 11 is 0. The summed E-state index contributed by atoms with van der Waals surface area (Å²) in [7, 11) is 1.80. The summed E-state index contributed by atoms with van der Waals surface area (Å²) in [6, 6.07) is 12.5. The van der Waals surface area contributed by atoms with Gasteiger partial charge >= 0.3 is 0 Å². The molecule has 0 N–H and O–H groups in total. The van der Waals surface area contributed by atoms with Crippen molar-refractivity contribution in [3.63, 3.8) is 0 Å². The van der Waals surface area contributed by atoms with Gasteiger partial charge in [0.05, 0.1) is 0 Å². The molecule has 0 bridgehead atoms. The van der Waals surface area contributed by atoms with E-state index in [0.29, 0.717) is 0 Å². The van der Waals surface area contributed by atoms with Crippen LogP contribution in [0.25, 0.3) is 0 Å². The Bertz CT molecular complexity index is 191. The van der Waals surface area contributed by atoms with Crippen LogP contribution in [0, 0.1) is 6.07 Å². The Balaban J connectivity index is 0. The fourth-order valence-electron chi connectivity index (χ4n) is 0.342. The summed E-state index contributed by atoms with van der Waals surface area (Å²) in [6.07, 6.45) is 0. The van der Waals surface area contributed by atoms with E-state index in [9.17, 15) is 0 Å². The van der Waals surface area contributed by atoms with Crippen molar-refractivity contribution in [1.29, 1.82) is 0 Å². The van der Waals surface area contributed by atoms with Crippen LogP contribution in [0.1, 0.15) is 0 Å². The van der Waals surface area contributed by atoms with E-state index in [0.717, 1.165) is 0 Å². The van der Waals surface area contributed by atoms with Crippen LogP contribution < -0.4 is 0 Å². The third-order valence-electron chi connectivity index (χ3n) is 0.607. The summed E-state index contributed by atoms with van der Waals surface area (Å²) in [6.45, 7) is 0. The molecule has 67 valence electrons. The van der Waals surface area contributed by atoms with Crippen LogP contribution in [-0.2, 0) is 40.7 Å². The summed E-state index contributed by atoms with van der Waals surface area (Å²) < 4.78 is 17.5. The summed E-state index contributed by atoms with van der Waals surface area (Å²) in [5.74, 6) is 0. The van der Waals surface area contributed by atoms with Crippen LogP contribution in [-0.4, -0.2) is 0 Å². The number of benzene rings is 1. The zero-order valence-electron chi connectivity index (χ0n) is 5.29. The molecule has 1 rings (SSSR count). The standard InChI is InChI=1S/C6H5.Au.ClO2S/c1-2-4-6-5-3-1;;1-4(2)3/h1-5H;;/q-1;;-1. The minimum Gasteiger partial charge on any atom is -0.409 e. The SMILES string of the molecule is O=[S-](=O)Cl.[Au].[c-]1ccccc1. The molecule has 0 fully saturated rings. The van der Waals surface area contributed by atoms with Gasteiger partial charge in [-0.05, 0) is 0 Å². The van der Waals surface area contributed by atoms with Crippen molar-refractivity contribution in [2.24, 2.45) is 0 Å². The largest absolute Gasteiger partial charge is 0.409 e. The molecule has 0 spiro atoms. The molecule has 1 radical (unpaired) electrons. The van der Waals surface area contributed by atoms with E-state index in [1.54, 1.807) is 0 Å². The van der Waals surface area contributed by atoms with Crippen molar-refractivity contribution in [2.75, 3.05) is 0 Å². The molecular formula is C6H5AuClO2S-2. The zero-order valence-corrected chi connectivity index (χ0v) is 9.03. The topological polar surface area (TPSA) is 34.1 Å². The van der Waals surface area contributed by atoms with E-state index < -0.39 is 9.92 Å². The quantitative estimate of drug-likeness (QED) is 0.301. The van der Waals surface area contributed by atoms with Crippen LogP contribution >= 0.6 is 10.7 Å². The van der Waals surface area contributed by atoms with E-state index in [-0.39, 0.29) is 22.4 Å².